The van der Waals surface area contributed by atoms with Gasteiger partial charge >= 0.3 is 0 Å². The van der Waals surface area contributed by atoms with Gasteiger partial charge < -0.3 is 10.1 Å². The van der Waals surface area contributed by atoms with Gasteiger partial charge in [0, 0.05) is 11.9 Å². The first-order valence-electron chi connectivity index (χ1n) is 4.60. The van der Waals surface area contributed by atoms with Gasteiger partial charge in [0.1, 0.15) is 0 Å². The molecule has 1 saturated heterocycles. The lowest BCUT2D eigenvalue weighted by atomic mass is 10.1. The maximum atomic E-state index is 5.57. The molecule has 1 atom stereocenters. The molecule has 1 aliphatic heterocycles. The summed E-state index contributed by atoms with van der Waals surface area (Å²) in [5.41, 5.74) is 2.89. The van der Waals surface area contributed by atoms with Crippen molar-refractivity contribution >= 4 is 11.3 Å². The molecular weight excluding hydrogens is 184 g/mol. The third-order valence-corrected chi connectivity index (χ3v) is 2.88. The van der Waals surface area contributed by atoms with Crippen LogP contribution in [0.1, 0.15) is 12.1 Å². The van der Waals surface area contributed by atoms with Crippen molar-refractivity contribution in [3.05, 3.63) is 16.6 Å². The maximum Gasteiger partial charge on any atom is 0.0896 e. The van der Waals surface area contributed by atoms with E-state index in [1.165, 1.54) is 6.42 Å². The highest BCUT2D eigenvalue weighted by Gasteiger charge is 2.14. The fourth-order valence-electron chi connectivity index (χ4n) is 1.50. The van der Waals surface area contributed by atoms with E-state index in [9.17, 15) is 0 Å². The van der Waals surface area contributed by atoms with E-state index >= 15 is 0 Å². The number of nitrogens with zero attached hydrogens (tertiary/aromatic N) is 1. The summed E-state index contributed by atoms with van der Waals surface area (Å²) in [7, 11) is 0. The highest BCUT2D eigenvalue weighted by molar-refractivity contribution is 7.07. The van der Waals surface area contributed by atoms with Gasteiger partial charge in [-0.15, -0.1) is 11.3 Å². The Kier molecular flexibility index (Phi) is 3.29. The van der Waals surface area contributed by atoms with Gasteiger partial charge in [-0.05, 0) is 18.9 Å². The van der Waals surface area contributed by atoms with Crippen molar-refractivity contribution < 1.29 is 4.74 Å². The number of hydrogen-bond acceptors (Lipinski definition) is 4. The van der Waals surface area contributed by atoms with Gasteiger partial charge in [-0.3, -0.25) is 0 Å². The lowest BCUT2D eigenvalue weighted by molar-refractivity contribution is 0.0906. The van der Waals surface area contributed by atoms with Crippen LogP contribution in [0, 0.1) is 5.92 Å². The van der Waals surface area contributed by atoms with Crippen LogP contribution in [0.5, 0.6) is 0 Å². The Morgan fingerprint density at radius 3 is 3.38 bits per heavy atom. The van der Waals surface area contributed by atoms with Gasteiger partial charge in [0.15, 0.2) is 0 Å². The minimum atomic E-state index is 0.667. The van der Waals surface area contributed by atoms with Crippen LogP contribution in [0.2, 0.25) is 0 Å². The van der Waals surface area contributed by atoms with Crippen LogP contribution in [0.3, 0.4) is 0 Å². The van der Waals surface area contributed by atoms with Crippen molar-refractivity contribution in [3.8, 4) is 0 Å². The van der Waals surface area contributed by atoms with Gasteiger partial charge in [-0.1, -0.05) is 0 Å². The lowest BCUT2D eigenvalue weighted by Gasteiger charge is -2.07. The monoisotopic (exact) mass is 198 g/mol. The van der Waals surface area contributed by atoms with Crippen molar-refractivity contribution in [1.29, 1.82) is 0 Å². The van der Waals surface area contributed by atoms with Crippen molar-refractivity contribution in [2.45, 2.75) is 13.0 Å². The second-order valence-electron chi connectivity index (χ2n) is 3.35. The maximum absolute atomic E-state index is 5.57. The summed E-state index contributed by atoms with van der Waals surface area (Å²) in [6, 6.07) is 0. The molecular formula is C9H14N2OS. The minimum absolute atomic E-state index is 0.667. The molecule has 0 aliphatic carbocycles. The number of rotatable bonds is 4. The van der Waals surface area contributed by atoms with Crippen molar-refractivity contribution in [2.75, 3.05) is 19.7 Å². The highest BCUT2D eigenvalue weighted by Crippen LogP contribution is 2.09. The quantitative estimate of drug-likeness (QED) is 0.791. The summed E-state index contributed by atoms with van der Waals surface area (Å²) in [5.74, 6) is 0.707. The first-order valence-corrected chi connectivity index (χ1v) is 5.55. The second kappa shape index (κ2) is 4.69. The molecule has 72 valence electrons. The third kappa shape index (κ3) is 2.76. The van der Waals surface area contributed by atoms with Crippen molar-refractivity contribution in [1.82, 2.24) is 10.3 Å². The first kappa shape index (κ1) is 9.12. The molecule has 0 radical (unpaired) electrons. The topological polar surface area (TPSA) is 34.1 Å². The van der Waals surface area contributed by atoms with Crippen LogP contribution < -0.4 is 5.32 Å². The molecule has 1 aromatic heterocycles. The molecule has 1 aliphatic rings. The zero-order valence-corrected chi connectivity index (χ0v) is 8.35. The SMILES string of the molecule is c1nc(COCC2CCNC2)cs1. The summed E-state index contributed by atoms with van der Waals surface area (Å²) >= 11 is 1.62. The van der Waals surface area contributed by atoms with Crippen LogP contribution in [-0.2, 0) is 11.3 Å². The van der Waals surface area contributed by atoms with E-state index in [0.29, 0.717) is 12.5 Å². The molecule has 4 heteroatoms. The zero-order valence-electron chi connectivity index (χ0n) is 7.53. The summed E-state index contributed by atoms with van der Waals surface area (Å²) in [6.07, 6.45) is 1.25. The Morgan fingerprint density at radius 1 is 1.69 bits per heavy atom. The van der Waals surface area contributed by atoms with Crippen LogP contribution in [0.25, 0.3) is 0 Å². The van der Waals surface area contributed by atoms with Crippen LogP contribution >= 0.6 is 11.3 Å². The Labute approximate surface area is 82.1 Å². The Bertz CT molecular complexity index is 232. The summed E-state index contributed by atoms with van der Waals surface area (Å²) in [4.78, 5) is 4.16. The van der Waals surface area contributed by atoms with Gasteiger partial charge in [-0.25, -0.2) is 4.98 Å². The predicted molar refractivity (Wildman–Crippen MR) is 52.7 cm³/mol. The number of hydrogen-bond donors (Lipinski definition) is 1. The Morgan fingerprint density at radius 2 is 2.69 bits per heavy atom. The normalized spacial score (nSPS) is 22.3. The molecule has 0 amide bonds. The molecule has 3 nitrogen and oxygen atoms in total. The first-order chi connectivity index (χ1) is 6.45. The average molecular weight is 198 g/mol. The summed E-state index contributed by atoms with van der Waals surface area (Å²) in [6.45, 7) is 3.78. The van der Waals surface area contributed by atoms with E-state index in [0.717, 1.165) is 25.4 Å². The smallest absolute Gasteiger partial charge is 0.0896 e. The van der Waals surface area contributed by atoms with E-state index in [-0.39, 0.29) is 0 Å². The highest BCUT2D eigenvalue weighted by atomic mass is 32.1. The van der Waals surface area contributed by atoms with E-state index in [4.69, 9.17) is 4.74 Å². The molecule has 2 heterocycles. The van der Waals surface area contributed by atoms with Crippen LogP contribution in [-0.4, -0.2) is 24.7 Å². The Hall–Kier alpha value is -0.450. The molecule has 1 fully saturated rings. The molecule has 13 heavy (non-hydrogen) atoms. The number of aromatic nitrogens is 1. The molecule has 0 bridgehead atoms. The second-order valence-corrected chi connectivity index (χ2v) is 4.07. The molecule has 0 aromatic carbocycles. The van der Waals surface area contributed by atoms with E-state index in [2.05, 4.69) is 10.3 Å². The minimum Gasteiger partial charge on any atom is -0.375 e. The standard InChI is InChI=1S/C9H14N2OS/c1-2-10-3-8(1)4-12-5-9-6-13-7-11-9/h6-8,10H,1-5H2. The predicted octanol–water partition coefficient (Wildman–Crippen LogP) is 1.27. The molecule has 0 spiro atoms. The number of ether oxygens (including phenoxy) is 1. The molecule has 0 saturated carbocycles. The van der Waals surface area contributed by atoms with Gasteiger partial charge in [0.2, 0.25) is 0 Å². The average Bonchev–Trinajstić information content (AvgIpc) is 2.75. The fraction of sp³-hybridized carbons (Fsp3) is 0.667. The largest absolute Gasteiger partial charge is 0.375 e. The van der Waals surface area contributed by atoms with Crippen molar-refractivity contribution in [2.24, 2.45) is 5.92 Å². The number of thiazole rings is 1. The molecule has 1 unspecified atom stereocenters. The summed E-state index contributed by atoms with van der Waals surface area (Å²) in [5, 5.41) is 5.36. The Balaban J connectivity index is 1.63. The van der Waals surface area contributed by atoms with E-state index in [1.807, 2.05) is 10.9 Å². The molecule has 2 rings (SSSR count). The van der Waals surface area contributed by atoms with Gasteiger partial charge in [-0.2, -0.15) is 0 Å². The fourth-order valence-corrected chi connectivity index (χ4v) is 2.04. The van der Waals surface area contributed by atoms with Crippen LogP contribution in [0.15, 0.2) is 10.9 Å². The number of nitrogens with one attached hydrogen (secondary N) is 1. The lowest BCUT2D eigenvalue weighted by Crippen LogP contribution is -2.13. The van der Waals surface area contributed by atoms with Gasteiger partial charge in [0.05, 0.1) is 24.4 Å². The van der Waals surface area contributed by atoms with Crippen molar-refractivity contribution in [3.63, 3.8) is 0 Å². The van der Waals surface area contributed by atoms with E-state index in [1.54, 1.807) is 11.3 Å². The summed E-state index contributed by atoms with van der Waals surface area (Å²) < 4.78 is 5.57. The molecule has 1 N–H and O–H groups in total. The van der Waals surface area contributed by atoms with E-state index < -0.39 is 0 Å². The zero-order chi connectivity index (χ0) is 8.93. The van der Waals surface area contributed by atoms with Gasteiger partial charge in [0.25, 0.3) is 0 Å². The third-order valence-electron chi connectivity index (χ3n) is 2.25. The molecule has 1 aromatic rings. The van der Waals surface area contributed by atoms with Crippen LogP contribution in [0.4, 0.5) is 0 Å².